The van der Waals surface area contributed by atoms with Gasteiger partial charge in [-0.25, -0.2) is 0 Å². The van der Waals surface area contributed by atoms with E-state index in [0.29, 0.717) is 11.3 Å². The monoisotopic (exact) mass is 364 g/mol. The number of hydrogen-bond acceptors (Lipinski definition) is 3. The summed E-state index contributed by atoms with van der Waals surface area (Å²) in [7, 11) is 0. The van der Waals surface area contributed by atoms with Gasteiger partial charge in [0.25, 0.3) is 0 Å². The highest BCUT2D eigenvalue weighted by molar-refractivity contribution is 6.08. The molecule has 2 N–H and O–H groups in total. The summed E-state index contributed by atoms with van der Waals surface area (Å²) in [6.07, 6.45) is 7.58. The van der Waals surface area contributed by atoms with Crippen molar-refractivity contribution in [2.75, 3.05) is 6.54 Å². The molecule has 1 aliphatic rings. The SMILES string of the molecule is C=Cn1c(/C(=C/C(=O)c2ccccc2)NCCC(=O)O)cc2c1CCCC2. The summed E-state index contributed by atoms with van der Waals surface area (Å²) in [6, 6.07) is 11.1. The van der Waals surface area contributed by atoms with Gasteiger partial charge in [0.1, 0.15) is 0 Å². The number of rotatable bonds is 8. The highest BCUT2D eigenvalue weighted by atomic mass is 16.4. The Morgan fingerprint density at radius 2 is 1.93 bits per heavy atom. The van der Waals surface area contributed by atoms with Crippen LogP contribution in [0.2, 0.25) is 0 Å². The Labute approximate surface area is 159 Å². The molecule has 0 aliphatic heterocycles. The lowest BCUT2D eigenvalue weighted by molar-refractivity contribution is -0.136. The molecule has 0 amide bonds. The molecule has 1 aromatic heterocycles. The van der Waals surface area contributed by atoms with Crippen molar-refractivity contribution in [1.29, 1.82) is 0 Å². The number of carboxylic acids is 1. The maximum absolute atomic E-state index is 12.7. The van der Waals surface area contributed by atoms with Crippen LogP contribution in [0.25, 0.3) is 11.9 Å². The number of aliphatic carboxylic acids is 1. The van der Waals surface area contributed by atoms with E-state index in [0.717, 1.165) is 31.4 Å². The van der Waals surface area contributed by atoms with Gasteiger partial charge in [0.2, 0.25) is 0 Å². The molecule has 140 valence electrons. The van der Waals surface area contributed by atoms with Crippen LogP contribution < -0.4 is 5.32 Å². The van der Waals surface area contributed by atoms with E-state index in [1.165, 1.54) is 11.3 Å². The Bertz CT molecular complexity index is 878. The van der Waals surface area contributed by atoms with Crippen LogP contribution in [0, 0.1) is 0 Å². The van der Waals surface area contributed by atoms with Crippen LogP contribution in [0.5, 0.6) is 0 Å². The van der Waals surface area contributed by atoms with Crippen LogP contribution in [0.1, 0.15) is 46.6 Å². The molecular weight excluding hydrogens is 340 g/mol. The van der Waals surface area contributed by atoms with E-state index in [-0.39, 0.29) is 18.7 Å². The molecule has 0 atom stereocenters. The number of aromatic nitrogens is 1. The van der Waals surface area contributed by atoms with Crippen LogP contribution in [0.15, 0.2) is 49.1 Å². The number of fused-ring (bicyclic) bond motifs is 1. The normalized spacial score (nSPS) is 13.7. The third kappa shape index (κ3) is 4.37. The van der Waals surface area contributed by atoms with E-state index in [9.17, 15) is 9.59 Å². The average Bonchev–Trinajstić information content (AvgIpc) is 3.06. The molecule has 0 bridgehead atoms. The molecule has 0 saturated carbocycles. The number of carboxylic acid groups (broad SMARTS) is 1. The standard InChI is InChI=1S/C22H24N2O3/c1-2-24-19-11-7-6-10-17(19)14-20(24)18(23-13-12-22(26)27)15-21(25)16-8-4-3-5-9-16/h2-5,8-9,14-15,23H,1,6-7,10-13H2,(H,26,27)/b18-15-. The van der Waals surface area contributed by atoms with Crippen LogP contribution >= 0.6 is 0 Å². The van der Waals surface area contributed by atoms with E-state index in [1.807, 2.05) is 22.8 Å². The van der Waals surface area contributed by atoms with Gasteiger partial charge in [-0.1, -0.05) is 36.9 Å². The predicted octanol–water partition coefficient (Wildman–Crippen LogP) is 3.76. The molecule has 0 fully saturated rings. The maximum atomic E-state index is 12.7. The van der Waals surface area contributed by atoms with Gasteiger partial charge in [0.15, 0.2) is 5.78 Å². The predicted molar refractivity (Wildman–Crippen MR) is 106 cm³/mol. The van der Waals surface area contributed by atoms with Crippen molar-refractivity contribution in [2.45, 2.75) is 32.1 Å². The highest BCUT2D eigenvalue weighted by Crippen LogP contribution is 2.28. The third-order valence-corrected chi connectivity index (χ3v) is 4.79. The van der Waals surface area contributed by atoms with E-state index >= 15 is 0 Å². The number of hydrogen-bond donors (Lipinski definition) is 2. The number of carbonyl (C=O) groups is 2. The van der Waals surface area contributed by atoms with Gasteiger partial charge in [0.05, 0.1) is 17.8 Å². The van der Waals surface area contributed by atoms with Crippen LogP contribution in [-0.4, -0.2) is 28.0 Å². The fourth-order valence-electron chi connectivity index (χ4n) is 3.48. The topological polar surface area (TPSA) is 71.3 Å². The summed E-state index contributed by atoms with van der Waals surface area (Å²) in [6.45, 7) is 4.18. The van der Waals surface area contributed by atoms with Gasteiger partial charge in [0, 0.05) is 30.1 Å². The minimum atomic E-state index is -0.880. The molecule has 2 aromatic rings. The zero-order valence-electron chi connectivity index (χ0n) is 15.3. The van der Waals surface area contributed by atoms with Crippen molar-refractivity contribution in [2.24, 2.45) is 0 Å². The molecule has 1 aliphatic carbocycles. The molecule has 1 aromatic carbocycles. The smallest absolute Gasteiger partial charge is 0.305 e. The Kier molecular flexibility index (Phi) is 5.91. The van der Waals surface area contributed by atoms with Gasteiger partial charge in [-0.2, -0.15) is 0 Å². The highest BCUT2D eigenvalue weighted by Gasteiger charge is 2.20. The second kappa shape index (κ2) is 8.54. The number of allylic oxidation sites excluding steroid dienone is 1. The van der Waals surface area contributed by atoms with Crippen LogP contribution in [0.3, 0.4) is 0 Å². The summed E-state index contributed by atoms with van der Waals surface area (Å²) < 4.78 is 2.02. The number of carbonyl (C=O) groups excluding carboxylic acids is 1. The summed E-state index contributed by atoms with van der Waals surface area (Å²) in [4.78, 5) is 23.6. The van der Waals surface area contributed by atoms with Crippen molar-refractivity contribution in [3.63, 3.8) is 0 Å². The van der Waals surface area contributed by atoms with Crippen molar-refractivity contribution in [3.8, 4) is 0 Å². The lowest BCUT2D eigenvalue weighted by Gasteiger charge is -2.15. The largest absolute Gasteiger partial charge is 0.481 e. The van der Waals surface area contributed by atoms with Crippen molar-refractivity contribution in [3.05, 3.63) is 71.6 Å². The molecule has 5 heteroatoms. The second-order valence-corrected chi connectivity index (χ2v) is 6.62. The van der Waals surface area contributed by atoms with Gasteiger partial charge >= 0.3 is 5.97 Å². The molecule has 5 nitrogen and oxygen atoms in total. The lowest BCUT2D eigenvalue weighted by Crippen LogP contribution is -2.19. The van der Waals surface area contributed by atoms with Crippen LogP contribution in [-0.2, 0) is 17.6 Å². The van der Waals surface area contributed by atoms with Gasteiger partial charge in [-0.15, -0.1) is 0 Å². The Morgan fingerprint density at radius 1 is 1.19 bits per heavy atom. The number of nitrogens with one attached hydrogen (secondary N) is 1. The Hall–Kier alpha value is -3.08. The van der Waals surface area contributed by atoms with Gasteiger partial charge in [-0.05, 0) is 37.3 Å². The molecule has 27 heavy (non-hydrogen) atoms. The third-order valence-electron chi connectivity index (χ3n) is 4.79. The number of benzene rings is 1. The molecule has 0 saturated heterocycles. The summed E-state index contributed by atoms with van der Waals surface area (Å²) in [5, 5.41) is 12.1. The first-order chi connectivity index (χ1) is 13.1. The van der Waals surface area contributed by atoms with Crippen molar-refractivity contribution >= 4 is 23.6 Å². The molecular formula is C22H24N2O3. The maximum Gasteiger partial charge on any atom is 0.305 e. The fraction of sp³-hybridized carbons (Fsp3) is 0.273. The fourth-order valence-corrected chi connectivity index (χ4v) is 3.48. The zero-order chi connectivity index (χ0) is 19.2. The quantitative estimate of drug-likeness (QED) is 0.553. The zero-order valence-corrected chi connectivity index (χ0v) is 15.3. The number of aryl methyl sites for hydroxylation is 1. The summed E-state index contributed by atoms with van der Waals surface area (Å²) in [5.41, 5.74) is 4.57. The van der Waals surface area contributed by atoms with Crippen molar-refractivity contribution in [1.82, 2.24) is 9.88 Å². The first kappa shape index (κ1) is 18.7. The summed E-state index contributed by atoms with van der Waals surface area (Å²) >= 11 is 0. The average molecular weight is 364 g/mol. The second-order valence-electron chi connectivity index (χ2n) is 6.62. The molecule has 0 unspecified atom stereocenters. The molecule has 0 radical (unpaired) electrons. The molecule has 1 heterocycles. The minimum Gasteiger partial charge on any atom is -0.481 e. The van der Waals surface area contributed by atoms with E-state index in [2.05, 4.69) is 18.0 Å². The van der Waals surface area contributed by atoms with E-state index in [1.54, 1.807) is 24.4 Å². The van der Waals surface area contributed by atoms with E-state index in [4.69, 9.17) is 5.11 Å². The van der Waals surface area contributed by atoms with E-state index < -0.39 is 5.97 Å². The first-order valence-electron chi connectivity index (χ1n) is 9.23. The van der Waals surface area contributed by atoms with Crippen molar-refractivity contribution < 1.29 is 14.7 Å². The number of ketones is 1. The molecule has 0 spiro atoms. The lowest BCUT2D eigenvalue weighted by atomic mass is 9.98. The Balaban J connectivity index is 1.98. The minimum absolute atomic E-state index is 0.0224. The Morgan fingerprint density at radius 3 is 2.63 bits per heavy atom. The van der Waals surface area contributed by atoms with Gasteiger partial charge in [-0.3, -0.25) is 9.59 Å². The first-order valence-corrected chi connectivity index (χ1v) is 9.23. The number of nitrogens with zero attached hydrogens (tertiary/aromatic N) is 1. The molecule has 3 rings (SSSR count). The van der Waals surface area contributed by atoms with Gasteiger partial charge < -0.3 is 15.0 Å². The van der Waals surface area contributed by atoms with Crippen LogP contribution in [0.4, 0.5) is 0 Å². The summed E-state index contributed by atoms with van der Waals surface area (Å²) in [5.74, 6) is -1.00.